The summed E-state index contributed by atoms with van der Waals surface area (Å²) < 4.78 is 18.5. The molecule has 0 fully saturated rings. The Morgan fingerprint density at radius 1 is 0.950 bits per heavy atom. The molecule has 0 saturated heterocycles. The quantitative estimate of drug-likeness (QED) is 0.675. The molecule has 0 aliphatic carbocycles. The molecule has 1 nitrogen and oxygen atoms in total. The van der Waals surface area contributed by atoms with E-state index in [2.05, 4.69) is 54.0 Å². The van der Waals surface area contributed by atoms with Crippen LogP contribution < -0.4 is 4.74 Å². The fourth-order valence-corrected chi connectivity index (χ4v) is 2.67. The normalized spacial score (nSPS) is 12.5. The molecule has 3 heteroatoms. The van der Waals surface area contributed by atoms with Crippen molar-refractivity contribution in [1.29, 1.82) is 0 Å². The van der Waals surface area contributed by atoms with Gasteiger partial charge in [0, 0.05) is 0 Å². The van der Waals surface area contributed by atoms with Gasteiger partial charge in [0.05, 0.1) is 11.9 Å². The van der Waals surface area contributed by atoms with Gasteiger partial charge in [-0.2, -0.15) is 0 Å². The Balaban J connectivity index is 2.28. The summed E-state index contributed by atoms with van der Waals surface area (Å²) in [5.41, 5.74) is 3.42. The molecule has 0 saturated carbocycles. The van der Waals surface area contributed by atoms with Gasteiger partial charge in [-0.05, 0) is 34.7 Å². The molecule has 2 aromatic rings. The first kappa shape index (κ1) is 15.0. The minimum Gasteiger partial charge on any atom is -0.494 e. The number of hydrogen-bond donors (Lipinski definition) is 0. The average Bonchev–Trinajstić information content (AvgIpc) is 2.47. The van der Waals surface area contributed by atoms with Crippen LogP contribution >= 0.6 is 15.9 Å². The van der Waals surface area contributed by atoms with E-state index in [0.717, 1.165) is 11.1 Å². The highest BCUT2D eigenvalue weighted by molar-refractivity contribution is 9.09. The highest BCUT2D eigenvalue weighted by Crippen LogP contribution is 2.34. The molecule has 1 atom stereocenters. The van der Waals surface area contributed by atoms with Crippen LogP contribution in [0.5, 0.6) is 5.75 Å². The topological polar surface area (TPSA) is 9.23 Å². The Morgan fingerprint density at radius 3 is 2.05 bits per heavy atom. The molecular weight excluding hydrogens is 319 g/mol. The first-order valence-corrected chi connectivity index (χ1v) is 7.52. The maximum absolute atomic E-state index is 13.4. The molecule has 2 aromatic carbocycles. The number of alkyl halides is 1. The Bertz CT molecular complexity index is 578. The minimum absolute atomic E-state index is 0.0261. The molecule has 0 spiro atoms. The molecule has 0 aromatic heterocycles. The molecule has 20 heavy (non-hydrogen) atoms. The van der Waals surface area contributed by atoms with Gasteiger partial charge in [0.25, 0.3) is 0 Å². The standard InChI is InChI=1S/C17H18BrFO/c1-11(2)12-4-6-13(7-5-12)17(18)14-8-9-15(19)16(10-14)20-3/h4-11,17H,1-3H3. The van der Waals surface area contributed by atoms with Crippen LogP contribution in [0.3, 0.4) is 0 Å². The molecule has 0 amide bonds. The molecule has 0 bridgehead atoms. The van der Waals surface area contributed by atoms with Crippen molar-refractivity contribution < 1.29 is 9.13 Å². The van der Waals surface area contributed by atoms with Crippen molar-refractivity contribution in [3.8, 4) is 5.75 Å². The Kier molecular flexibility index (Phi) is 4.81. The van der Waals surface area contributed by atoms with E-state index in [1.165, 1.54) is 18.7 Å². The number of benzene rings is 2. The van der Waals surface area contributed by atoms with Gasteiger partial charge < -0.3 is 4.74 Å². The Hall–Kier alpha value is -1.35. The molecule has 106 valence electrons. The van der Waals surface area contributed by atoms with E-state index in [1.54, 1.807) is 12.1 Å². The summed E-state index contributed by atoms with van der Waals surface area (Å²) in [5.74, 6) is 0.445. The van der Waals surface area contributed by atoms with Crippen LogP contribution in [0.4, 0.5) is 4.39 Å². The van der Waals surface area contributed by atoms with E-state index in [-0.39, 0.29) is 16.4 Å². The third-order valence-electron chi connectivity index (χ3n) is 3.36. The molecule has 0 heterocycles. The van der Waals surface area contributed by atoms with Crippen LogP contribution in [-0.4, -0.2) is 7.11 Å². The second-order valence-electron chi connectivity index (χ2n) is 5.08. The van der Waals surface area contributed by atoms with Crippen molar-refractivity contribution in [3.63, 3.8) is 0 Å². The number of halogens is 2. The van der Waals surface area contributed by atoms with E-state index < -0.39 is 0 Å². The zero-order valence-electron chi connectivity index (χ0n) is 11.9. The van der Waals surface area contributed by atoms with E-state index in [0.29, 0.717) is 5.92 Å². The third kappa shape index (κ3) is 3.21. The molecule has 1 unspecified atom stereocenters. The van der Waals surface area contributed by atoms with Gasteiger partial charge in [0.2, 0.25) is 0 Å². The monoisotopic (exact) mass is 336 g/mol. The Morgan fingerprint density at radius 2 is 1.50 bits per heavy atom. The maximum atomic E-state index is 13.4. The van der Waals surface area contributed by atoms with Crippen molar-refractivity contribution >= 4 is 15.9 Å². The van der Waals surface area contributed by atoms with Crippen molar-refractivity contribution in [3.05, 3.63) is 65.0 Å². The zero-order chi connectivity index (χ0) is 14.7. The van der Waals surface area contributed by atoms with Crippen molar-refractivity contribution in [1.82, 2.24) is 0 Å². The summed E-state index contributed by atoms with van der Waals surface area (Å²) >= 11 is 3.67. The number of rotatable bonds is 4. The molecule has 0 N–H and O–H groups in total. The maximum Gasteiger partial charge on any atom is 0.165 e. The molecule has 2 rings (SSSR count). The predicted molar refractivity (Wildman–Crippen MR) is 84.3 cm³/mol. The SMILES string of the molecule is COc1cc(C(Br)c2ccc(C(C)C)cc2)ccc1F. The van der Waals surface area contributed by atoms with Crippen LogP contribution in [0.15, 0.2) is 42.5 Å². The van der Waals surface area contributed by atoms with Gasteiger partial charge in [0.15, 0.2) is 11.6 Å². The molecule has 0 aliphatic heterocycles. The van der Waals surface area contributed by atoms with E-state index in [9.17, 15) is 4.39 Å². The zero-order valence-corrected chi connectivity index (χ0v) is 13.4. The van der Waals surface area contributed by atoms with Gasteiger partial charge >= 0.3 is 0 Å². The van der Waals surface area contributed by atoms with Crippen molar-refractivity contribution in [2.75, 3.05) is 7.11 Å². The summed E-state index contributed by atoms with van der Waals surface area (Å²) in [6.07, 6.45) is 0. The second-order valence-corrected chi connectivity index (χ2v) is 5.99. The van der Waals surface area contributed by atoms with Crippen LogP contribution in [0.2, 0.25) is 0 Å². The lowest BCUT2D eigenvalue weighted by Crippen LogP contribution is -1.96. The number of ether oxygens (including phenoxy) is 1. The lowest BCUT2D eigenvalue weighted by molar-refractivity contribution is 0.386. The Labute approximate surface area is 127 Å². The van der Waals surface area contributed by atoms with Crippen LogP contribution in [0.1, 0.15) is 41.3 Å². The minimum atomic E-state index is -0.342. The smallest absolute Gasteiger partial charge is 0.165 e. The van der Waals surface area contributed by atoms with Gasteiger partial charge in [-0.1, -0.05) is 60.1 Å². The summed E-state index contributed by atoms with van der Waals surface area (Å²) in [5, 5.41) is 0. The summed E-state index contributed by atoms with van der Waals surface area (Å²) in [6, 6.07) is 13.4. The average molecular weight is 337 g/mol. The number of methoxy groups -OCH3 is 1. The van der Waals surface area contributed by atoms with Gasteiger partial charge in [-0.3, -0.25) is 0 Å². The highest BCUT2D eigenvalue weighted by Gasteiger charge is 2.13. The molecule has 0 radical (unpaired) electrons. The fraction of sp³-hybridized carbons (Fsp3) is 0.294. The van der Waals surface area contributed by atoms with Crippen LogP contribution in [-0.2, 0) is 0 Å². The van der Waals surface area contributed by atoms with Gasteiger partial charge in [-0.15, -0.1) is 0 Å². The van der Waals surface area contributed by atoms with E-state index in [1.807, 2.05) is 0 Å². The second kappa shape index (κ2) is 6.40. The fourth-order valence-electron chi connectivity index (χ4n) is 2.08. The van der Waals surface area contributed by atoms with Crippen LogP contribution in [0, 0.1) is 5.82 Å². The van der Waals surface area contributed by atoms with E-state index in [4.69, 9.17) is 4.74 Å². The van der Waals surface area contributed by atoms with Crippen molar-refractivity contribution in [2.24, 2.45) is 0 Å². The largest absolute Gasteiger partial charge is 0.494 e. The molecule has 0 aliphatic rings. The third-order valence-corrected chi connectivity index (χ3v) is 4.42. The predicted octanol–water partition coefficient (Wildman–Crippen LogP) is 5.44. The first-order valence-electron chi connectivity index (χ1n) is 6.60. The summed E-state index contributed by atoms with van der Waals surface area (Å²) in [4.78, 5) is 0.0261. The summed E-state index contributed by atoms with van der Waals surface area (Å²) in [6.45, 7) is 4.34. The highest BCUT2D eigenvalue weighted by atomic mass is 79.9. The van der Waals surface area contributed by atoms with Gasteiger partial charge in [0.1, 0.15) is 0 Å². The summed E-state index contributed by atoms with van der Waals surface area (Å²) in [7, 11) is 1.48. The van der Waals surface area contributed by atoms with E-state index >= 15 is 0 Å². The number of hydrogen-bond acceptors (Lipinski definition) is 1. The van der Waals surface area contributed by atoms with Crippen molar-refractivity contribution in [2.45, 2.75) is 24.6 Å². The molecular formula is C17H18BrFO. The first-order chi connectivity index (χ1) is 9.52. The van der Waals surface area contributed by atoms with Gasteiger partial charge in [-0.25, -0.2) is 4.39 Å². The van der Waals surface area contributed by atoms with Crippen LogP contribution in [0.25, 0.3) is 0 Å². The lowest BCUT2D eigenvalue weighted by Gasteiger charge is -2.14. The lowest BCUT2D eigenvalue weighted by atomic mass is 9.99.